The van der Waals surface area contributed by atoms with Gasteiger partial charge in [0.15, 0.2) is 5.16 Å². The number of nitrogens with zero attached hydrogens (tertiary/aromatic N) is 4. The predicted molar refractivity (Wildman–Crippen MR) is 132 cm³/mol. The normalized spacial score (nSPS) is 19.8. The summed E-state index contributed by atoms with van der Waals surface area (Å²) in [6.07, 6.45) is 7.75. The lowest BCUT2D eigenvalue weighted by molar-refractivity contribution is -0.113. The molecule has 2 aliphatic rings. The number of aromatic nitrogens is 3. The Morgan fingerprint density at radius 3 is 2.76 bits per heavy atom. The molecule has 1 amide bonds. The summed E-state index contributed by atoms with van der Waals surface area (Å²) in [4.78, 5) is 14.0. The van der Waals surface area contributed by atoms with Gasteiger partial charge in [0.05, 0.1) is 11.3 Å². The molecule has 2 aliphatic carbocycles. The highest BCUT2D eigenvalue weighted by molar-refractivity contribution is 7.99. The molecule has 0 saturated heterocycles. The second-order valence-corrected chi connectivity index (χ2v) is 10.9. The zero-order chi connectivity index (χ0) is 22.8. The van der Waals surface area contributed by atoms with E-state index in [-0.39, 0.29) is 11.7 Å². The molecule has 1 N–H and O–H groups in total. The number of amides is 1. The Morgan fingerprint density at radius 2 is 1.97 bits per heavy atom. The molecular weight excluding hydrogens is 450 g/mol. The summed E-state index contributed by atoms with van der Waals surface area (Å²) in [5.41, 5.74) is 3.16. The molecule has 2 heterocycles. The maximum atomic E-state index is 12.7. The molecule has 8 heteroatoms. The SMILES string of the molecule is Cn1c(SCC(=O)Nc2sc3c(c2C#N)CCCCCC3)nnc1C1CC1c1ccccc1. The van der Waals surface area contributed by atoms with Gasteiger partial charge in [0.1, 0.15) is 16.9 Å². The lowest BCUT2D eigenvalue weighted by atomic mass is 9.97. The molecule has 6 nitrogen and oxygen atoms in total. The summed E-state index contributed by atoms with van der Waals surface area (Å²) in [6.45, 7) is 0. The van der Waals surface area contributed by atoms with Gasteiger partial charge in [-0.2, -0.15) is 5.26 Å². The van der Waals surface area contributed by atoms with Crippen LogP contribution in [0.5, 0.6) is 0 Å². The Labute approximate surface area is 202 Å². The third-order valence-electron chi connectivity index (χ3n) is 6.59. The van der Waals surface area contributed by atoms with Crippen LogP contribution in [0.25, 0.3) is 0 Å². The number of aryl methyl sites for hydroxylation is 1. The molecule has 170 valence electrons. The first kappa shape index (κ1) is 22.2. The largest absolute Gasteiger partial charge is 0.316 e. The molecule has 0 spiro atoms. The molecule has 1 fully saturated rings. The third kappa shape index (κ3) is 4.71. The first-order chi connectivity index (χ1) is 16.2. The van der Waals surface area contributed by atoms with Crippen molar-refractivity contribution in [3.05, 3.63) is 57.7 Å². The molecular formula is C25H27N5OS2. The molecule has 2 unspecified atom stereocenters. The van der Waals surface area contributed by atoms with Crippen LogP contribution in [0.1, 0.15) is 71.3 Å². The maximum Gasteiger partial charge on any atom is 0.235 e. The zero-order valence-corrected chi connectivity index (χ0v) is 20.3. The number of carbonyl (C=O) groups is 1. The van der Waals surface area contributed by atoms with E-state index in [2.05, 4.69) is 45.8 Å². The minimum absolute atomic E-state index is 0.108. The number of anilines is 1. The lowest BCUT2D eigenvalue weighted by Crippen LogP contribution is -2.14. The van der Waals surface area contributed by atoms with Crippen molar-refractivity contribution in [2.24, 2.45) is 7.05 Å². The molecule has 2 aromatic heterocycles. The Kier molecular flexibility index (Phi) is 6.52. The van der Waals surface area contributed by atoms with Gasteiger partial charge < -0.3 is 9.88 Å². The van der Waals surface area contributed by atoms with E-state index in [0.717, 1.165) is 48.6 Å². The number of thioether (sulfide) groups is 1. The highest BCUT2D eigenvalue weighted by Crippen LogP contribution is 2.54. The van der Waals surface area contributed by atoms with Gasteiger partial charge in [0, 0.05) is 17.8 Å². The minimum Gasteiger partial charge on any atom is -0.316 e. The fourth-order valence-corrected chi connectivity index (χ4v) is 6.72. The van der Waals surface area contributed by atoms with Gasteiger partial charge >= 0.3 is 0 Å². The van der Waals surface area contributed by atoms with Gasteiger partial charge in [0.25, 0.3) is 0 Å². The van der Waals surface area contributed by atoms with E-state index >= 15 is 0 Å². The van der Waals surface area contributed by atoms with Crippen molar-refractivity contribution in [1.29, 1.82) is 5.26 Å². The number of thiophene rings is 1. The molecule has 1 saturated carbocycles. The van der Waals surface area contributed by atoms with Crippen LogP contribution in [0.4, 0.5) is 5.00 Å². The molecule has 5 rings (SSSR count). The number of hydrogen-bond acceptors (Lipinski definition) is 6. The number of benzene rings is 1. The van der Waals surface area contributed by atoms with E-state index in [0.29, 0.717) is 22.4 Å². The van der Waals surface area contributed by atoms with Crippen LogP contribution in [-0.4, -0.2) is 26.4 Å². The van der Waals surface area contributed by atoms with Crippen molar-refractivity contribution >= 4 is 34.0 Å². The standard InChI is InChI=1S/C25H27N5OS2/c1-30-23(19-13-18(19)16-9-5-4-6-10-16)28-29-25(30)32-15-22(31)27-24-20(14-26)17-11-7-2-3-8-12-21(17)33-24/h4-6,9-10,18-19H,2-3,7-8,11-13,15H2,1H3,(H,27,31). The molecule has 33 heavy (non-hydrogen) atoms. The number of hydrogen-bond donors (Lipinski definition) is 1. The average molecular weight is 478 g/mol. The predicted octanol–water partition coefficient (Wildman–Crippen LogP) is 5.41. The van der Waals surface area contributed by atoms with E-state index in [1.165, 1.54) is 35.0 Å². The van der Waals surface area contributed by atoms with E-state index in [1.807, 2.05) is 17.7 Å². The number of rotatable bonds is 6. The molecule has 0 aliphatic heterocycles. The quantitative estimate of drug-likeness (QED) is 0.480. The number of nitrogens with one attached hydrogen (secondary N) is 1. The van der Waals surface area contributed by atoms with Gasteiger partial charge in [-0.15, -0.1) is 21.5 Å². The summed E-state index contributed by atoms with van der Waals surface area (Å²) < 4.78 is 2.02. The molecule has 3 aromatic rings. The summed E-state index contributed by atoms with van der Waals surface area (Å²) in [5, 5.41) is 22.9. The highest BCUT2D eigenvalue weighted by Gasteiger charge is 2.42. The Balaban J connectivity index is 1.21. The Hall–Kier alpha value is -2.63. The van der Waals surface area contributed by atoms with Crippen LogP contribution in [0.15, 0.2) is 35.5 Å². The molecule has 0 bridgehead atoms. The fraction of sp³-hybridized carbons (Fsp3) is 0.440. The van der Waals surface area contributed by atoms with Gasteiger partial charge in [-0.05, 0) is 49.1 Å². The molecule has 1 aromatic carbocycles. The topological polar surface area (TPSA) is 83.6 Å². The van der Waals surface area contributed by atoms with Crippen molar-refractivity contribution in [1.82, 2.24) is 14.8 Å². The van der Waals surface area contributed by atoms with E-state index in [1.54, 1.807) is 11.3 Å². The van der Waals surface area contributed by atoms with Crippen LogP contribution in [0.3, 0.4) is 0 Å². The first-order valence-electron chi connectivity index (χ1n) is 11.6. The van der Waals surface area contributed by atoms with Crippen LogP contribution in [-0.2, 0) is 24.7 Å². The summed E-state index contributed by atoms with van der Waals surface area (Å²) >= 11 is 2.97. The van der Waals surface area contributed by atoms with E-state index < -0.39 is 0 Å². The smallest absolute Gasteiger partial charge is 0.235 e. The fourth-order valence-electron chi connectivity index (χ4n) is 4.74. The first-order valence-corrected chi connectivity index (χ1v) is 13.4. The summed E-state index contributed by atoms with van der Waals surface area (Å²) in [6, 6.07) is 12.9. The van der Waals surface area contributed by atoms with Crippen LogP contribution >= 0.6 is 23.1 Å². The van der Waals surface area contributed by atoms with Crippen LogP contribution in [0, 0.1) is 11.3 Å². The summed E-state index contributed by atoms with van der Waals surface area (Å²) in [5.74, 6) is 2.00. The van der Waals surface area contributed by atoms with Gasteiger partial charge in [-0.1, -0.05) is 54.9 Å². The Bertz CT molecular complexity index is 1190. The zero-order valence-electron chi connectivity index (χ0n) is 18.7. The second-order valence-electron chi connectivity index (χ2n) is 8.83. The minimum atomic E-state index is -0.108. The van der Waals surface area contributed by atoms with Gasteiger partial charge in [-0.3, -0.25) is 4.79 Å². The van der Waals surface area contributed by atoms with Crippen LogP contribution in [0.2, 0.25) is 0 Å². The molecule has 2 atom stereocenters. The van der Waals surface area contributed by atoms with Crippen molar-refractivity contribution in [2.45, 2.75) is 61.9 Å². The van der Waals surface area contributed by atoms with Crippen molar-refractivity contribution < 1.29 is 4.79 Å². The van der Waals surface area contributed by atoms with E-state index in [4.69, 9.17) is 0 Å². The lowest BCUT2D eigenvalue weighted by Gasteiger charge is -2.08. The highest BCUT2D eigenvalue weighted by atomic mass is 32.2. The van der Waals surface area contributed by atoms with E-state index in [9.17, 15) is 10.1 Å². The number of nitriles is 1. The van der Waals surface area contributed by atoms with Crippen molar-refractivity contribution in [2.75, 3.05) is 11.1 Å². The Morgan fingerprint density at radius 1 is 1.18 bits per heavy atom. The number of carbonyl (C=O) groups excluding carboxylic acids is 1. The number of fused-ring (bicyclic) bond motifs is 1. The average Bonchev–Trinajstić information content (AvgIpc) is 3.43. The summed E-state index contributed by atoms with van der Waals surface area (Å²) in [7, 11) is 1.98. The monoisotopic (exact) mass is 477 g/mol. The van der Waals surface area contributed by atoms with Gasteiger partial charge in [0.2, 0.25) is 5.91 Å². The van der Waals surface area contributed by atoms with Crippen molar-refractivity contribution in [3.63, 3.8) is 0 Å². The van der Waals surface area contributed by atoms with Gasteiger partial charge in [-0.25, -0.2) is 0 Å². The maximum absolute atomic E-state index is 12.7. The van der Waals surface area contributed by atoms with Crippen LogP contribution < -0.4 is 5.32 Å². The van der Waals surface area contributed by atoms with Crippen molar-refractivity contribution in [3.8, 4) is 6.07 Å². The third-order valence-corrected chi connectivity index (χ3v) is 8.81. The second kappa shape index (κ2) is 9.70. The molecule has 0 radical (unpaired) electrons.